The first kappa shape index (κ1) is 17.0. The van der Waals surface area contributed by atoms with Gasteiger partial charge in [-0.05, 0) is 36.0 Å². The van der Waals surface area contributed by atoms with Crippen LogP contribution in [0.1, 0.15) is 5.56 Å². The molecule has 2 aromatic carbocycles. The van der Waals surface area contributed by atoms with Crippen LogP contribution in [0.2, 0.25) is 0 Å². The van der Waals surface area contributed by atoms with Crippen molar-refractivity contribution in [2.45, 2.75) is 0 Å². The number of hydrazone groups is 1. The number of anilines is 1. The second kappa shape index (κ2) is 8.92. The van der Waals surface area contributed by atoms with Crippen molar-refractivity contribution in [3.05, 3.63) is 65.2 Å². The molecule has 0 aromatic heterocycles. The molecule has 0 unspecified atom stereocenters. The van der Waals surface area contributed by atoms with Crippen LogP contribution < -0.4 is 15.5 Å². The van der Waals surface area contributed by atoms with Crippen molar-refractivity contribution >= 4 is 46.9 Å². The van der Waals surface area contributed by atoms with Gasteiger partial charge in [-0.15, -0.1) is 0 Å². The molecule has 0 aliphatic carbocycles. The van der Waals surface area contributed by atoms with E-state index in [1.165, 1.54) is 6.21 Å². The van der Waals surface area contributed by atoms with Gasteiger partial charge in [0.2, 0.25) is 0 Å². The third-order valence-corrected chi connectivity index (χ3v) is 3.21. The Morgan fingerprint density at radius 3 is 2.57 bits per heavy atom. The lowest BCUT2D eigenvalue weighted by molar-refractivity contribution is 0.417. The SMILES string of the molecule is COc1ccccc1NC(=S)N/N=C\C(Cl)=C\c1ccccc1. The molecule has 0 bridgehead atoms. The van der Waals surface area contributed by atoms with Gasteiger partial charge in [0.1, 0.15) is 5.75 Å². The Balaban J connectivity index is 1.90. The van der Waals surface area contributed by atoms with E-state index < -0.39 is 0 Å². The third kappa shape index (κ3) is 5.73. The van der Waals surface area contributed by atoms with E-state index in [0.717, 1.165) is 11.3 Å². The van der Waals surface area contributed by atoms with Crippen molar-refractivity contribution in [2.24, 2.45) is 5.10 Å². The maximum atomic E-state index is 6.09. The molecule has 2 N–H and O–H groups in total. The molecule has 2 aromatic rings. The van der Waals surface area contributed by atoms with Crippen LogP contribution >= 0.6 is 23.8 Å². The van der Waals surface area contributed by atoms with Crippen LogP contribution in [-0.4, -0.2) is 18.4 Å². The van der Waals surface area contributed by atoms with E-state index in [2.05, 4.69) is 15.8 Å². The molecule has 0 aliphatic heterocycles. The van der Waals surface area contributed by atoms with Crippen molar-refractivity contribution in [3.8, 4) is 5.75 Å². The monoisotopic (exact) mass is 345 g/mol. The minimum atomic E-state index is 0.343. The third-order valence-electron chi connectivity index (χ3n) is 2.81. The van der Waals surface area contributed by atoms with Crippen molar-refractivity contribution in [1.29, 1.82) is 0 Å². The second-order valence-corrected chi connectivity index (χ2v) is 5.31. The summed E-state index contributed by atoms with van der Waals surface area (Å²) >= 11 is 11.3. The lowest BCUT2D eigenvalue weighted by Crippen LogP contribution is -2.24. The number of rotatable bonds is 5. The first-order valence-electron chi connectivity index (χ1n) is 6.84. The minimum Gasteiger partial charge on any atom is -0.495 e. The molecule has 0 saturated heterocycles. The van der Waals surface area contributed by atoms with Gasteiger partial charge in [-0.1, -0.05) is 54.1 Å². The summed E-state index contributed by atoms with van der Waals surface area (Å²) in [7, 11) is 1.60. The summed E-state index contributed by atoms with van der Waals surface area (Å²) in [4.78, 5) is 0. The highest BCUT2D eigenvalue weighted by Crippen LogP contribution is 2.22. The van der Waals surface area contributed by atoms with Gasteiger partial charge in [-0.25, -0.2) is 0 Å². The molecule has 0 amide bonds. The number of ether oxygens (including phenoxy) is 1. The number of thiocarbonyl (C=S) groups is 1. The average Bonchev–Trinajstić information content (AvgIpc) is 2.56. The highest BCUT2D eigenvalue weighted by Gasteiger charge is 2.02. The summed E-state index contributed by atoms with van der Waals surface area (Å²) in [6, 6.07) is 17.2. The Morgan fingerprint density at radius 2 is 1.83 bits per heavy atom. The lowest BCUT2D eigenvalue weighted by Gasteiger charge is -2.10. The summed E-state index contributed by atoms with van der Waals surface area (Å²) in [5, 5.41) is 7.84. The minimum absolute atomic E-state index is 0.343. The highest BCUT2D eigenvalue weighted by molar-refractivity contribution is 7.80. The van der Waals surface area contributed by atoms with Gasteiger partial charge in [-0.3, -0.25) is 5.43 Å². The number of hydrogen-bond acceptors (Lipinski definition) is 3. The second-order valence-electron chi connectivity index (χ2n) is 4.46. The largest absolute Gasteiger partial charge is 0.495 e. The molecule has 4 nitrogen and oxygen atoms in total. The fourth-order valence-corrected chi connectivity index (χ4v) is 2.13. The zero-order valence-electron chi connectivity index (χ0n) is 12.5. The smallest absolute Gasteiger partial charge is 0.191 e. The Bertz CT molecular complexity index is 717. The predicted octanol–water partition coefficient (Wildman–Crippen LogP) is 4.25. The number of para-hydroxylation sites is 2. The highest BCUT2D eigenvalue weighted by atomic mass is 35.5. The predicted molar refractivity (Wildman–Crippen MR) is 101 cm³/mol. The standard InChI is InChI=1S/C17H16ClN3OS/c1-22-16-10-6-5-9-15(16)20-17(23)21-19-12-14(18)11-13-7-3-2-4-8-13/h2-12H,1H3,(H2,20,21,23)/b14-11-,19-12-. The molecule has 0 atom stereocenters. The van der Waals surface area contributed by atoms with E-state index in [0.29, 0.717) is 15.9 Å². The molecule has 0 heterocycles. The van der Waals surface area contributed by atoms with Crippen LogP contribution in [-0.2, 0) is 0 Å². The molecular weight excluding hydrogens is 330 g/mol. The molecule has 2 rings (SSSR count). The Hall–Kier alpha value is -2.37. The first-order chi connectivity index (χ1) is 11.2. The number of benzene rings is 2. The topological polar surface area (TPSA) is 45.6 Å². The molecule has 118 valence electrons. The van der Waals surface area contributed by atoms with Crippen LogP contribution in [0.15, 0.2) is 64.7 Å². The fourth-order valence-electron chi connectivity index (χ4n) is 1.80. The van der Waals surface area contributed by atoms with E-state index in [1.807, 2.05) is 60.7 Å². The van der Waals surface area contributed by atoms with Gasteiger partial charge in [0.25, 0.3) is 0 Å². The molecule has 23 heavy (non-hydrogen) atoms. The molecule has 6 heteroatoms. The zero-order chi connectivity index (χ0) is 16.5. The van der Waals surface area contributed by atoms with E-state index >= 15 is 0 Å². The van der Waals surface area contributed by atoms with E-state index in [1.54, 1.807) is 7.11 Å². The number of nitrogens with one attached hydrogen (secondary N) is 2. The number of nitrogens with zero attached hydrogens (tertiary/aromatic N) is 1. The van der Waals surface area contributed by atoms with Gasteiger partial charge in [-0.2, -0.15) is 5.10 Å². The Kier molecular flexibility index (Phi) is 6.59. The number of methoxy groups -OCH3 is 1. The number of halogens is 1. The van der Waals surface area contributed by atoms with E-state index in [9.17, 15) is 0 Å². The normalized spacial score (nSPS) is 11.3. The van der Waals surface area contributed by atoms with Crippen LogP contribution in [0.5, 0.6) is 5.75 Å². The number of allylic oxidation sites excluding steroid dienone is 1. The molecule has 0 aliphatic rings. The summed E-state index contributed by atoms with van der Waals surface area (Å²) in [5.74, 6) is 0.697. The van der Waals surface area contributed by atoms with Crippen molar-refractivity contribution in [2.75, 3.05) is 12.4 Å². The van der Waals surface area contributed by atoms with Gasteiger partial charge in [0.15, 0.2) is 5.11 Å². The molecule has 0 radical (unpaired) electrons. The van der Waals surface area contributed by atoms with E-state index in [-0.39, 0.29) is 0 Å². The first-order valence-corrected chi connectivity index (χ1v) is 7.63. The van der Waals surface area contributed by atoms with Crippen LogP contribution in [0.3, 0.4) is 0 Å². The Morgan fingerprint density at radius 1 is 1.13 bits per heavy atom. The van der Waals surface area contributed by atoms with E-state index in [4.69, 9.17) is 28.6 Å². The average molecular weight is 346 g/mol. The van der Waals surface area contributed by atoms with Crippen molar-refractivity contribution < 1.29 is 4.74 Å². The molecule has 0 saturated carbocycles. The Labute approximate surface area is 145 Å². The van der Waals surface area contributed by atoms with Crippen LogP contribution in [0.25, 0.3) is 6.08 Å². The molecule has 0 fully saturated rings. The maximum Gasteiger partial charge on any atom is 0.191 e. The van der Waals surface area contributed by atoms with Gasteiger partial charge < -0.3 is 10.1 Å². The molecular formula is C17H16ClN3OS. The van der Waals surface area contributed by atoms with Gasteiger partial charge >= 0.3 is 0 Å². The van der Waals surface area contributed by atoms with Gasteiger partial charge in [0.05, 0.1) is 24.0 Å². The maximum absolute atomic E-state index is 6.09. The quantitative estimate of drug-likeness (QED) is 0.483. The number of hydrogen-bond donors (Lipinski definition) is 2. The summed E-state index contributed by atoms with van der Waals surface area (Å²) in [6.07, 6.45) is 3.30. The summed E-state index contributed by atoms with van der Waals surface area (Å²) in [6.45, 7) is 0. The zero-order valence-corrected chi connectivity index (χ0v) is 14.1. The lowest BCUT2D eigenvalue weighted by atomic mass is 10.2. The molecule has 0 spiro atoms. The summed E-state index contributed by atoms with van der Waals surface area (Å²) < 4.78 is 5.24. The van der Waals surface area contributed by atoms with Crippen LogP contribution in [0.4, 0.5) is 5.69 Å². The van der Waals surface area contributed by atoms with Crippen molar-refractivity contribution in [3.63, 3.8) is 0 Å². The van der Waals surface area contributed by atoms with Gasteiger partial charge in [0, 0.05) is 0 Å². The van der Waals surface area contributed by atoms with Crippen molar-refractivity contribution in [1.82, 2.24) is 5.43 Å². The fraction of sp³-hybridized carbons (Fsp3) is 0.0588. The summed E-state index contributed by atoms with van der Waals surface area (Å²) in [5.41, 5.74) is 4.46. The van der Waals surface area contributed by atoms with Crippen LogP contribution in [0, 0.1) is 0 Å².